The number of aryl methyl sites for hydroxylation is 1. The van der Waals surface area contributed by atoms with Gasteiger partial charge in [0.15, 0.2) is 0 Å². The lowest BCUT2D eigenvalue weighted by Gasteiger charge is -2.12. The molecule has 0 atom stereocenters. The molecule has 1 aromatic heterocycles. The second-order valence-electron chi connectivity index (χ2n) is 5.17. The molecule has 3 rings (SSSR count). The number of rotatable bonds is 4. The first-order valence-corrected chi connectivity index (χ1v) is 7.35. The van der Waals surface area contributed by atoms with Gasteiger partial charge in [0.25, 0.3) is 0 Å². The minimum absolute atomic E-state index is 0.733. The van der Waals surface area contributed by atoms with Crippen molar-refractivity contribution in [2.45, 2.75) is 6.92 Å². The quantitative estimate of drug-likeness (QED) is 0.797. The molecule has 0 bridgehead atoms. The highest BCUT2D eigenvalue weighted by atomic mass is 16.5. The summed E-state index contributed by atoms with van der Waals surface area (Å²) < 4.78 is 10.8. The van der Waals surface area contributed by atoms with Crippen molar-refractivity contribution in [1.82, 2.24) is 9.97 Å². The molecule has 0 spiro atoms. The van der Waals surface area contributed by atoms with Gasteiger partial charge in [-0.1, -0.05) is 6.07 Å². The molecular formula is C18H19N3O2. The minimum Gasteiger partial charge on any atom is -0.497 e. The van der Waals surface area contributed by atoms with Gasteiger partial charge in [-0.2, -0.15) is 0 Å². The van der Waals surface area contributed by atoms with Gasteiger partial charge in [0, 0.05) is 18.0 Å². The number of hydrogen-bond donors (Lipinski definition) is 1. The highest BCUT2D eigenvalue weighted by molar-refractivity contribution is 5.92. The van der Waals surface area contributed by atoms with Crippen LogP contribution in [0.4, 0.5) is 5.82 Å². The first-order chi connectivity index (χ1) is 11.2. The molecule has 1 N–H and O–H groups in total. The maximum atomic E-state index is 5.48. The van der Waals surface area contributed by atoms with Crippen LogP contribution in [0.3, 0.4) is 0 Å². The van der Waals surface area contributed by atoms with Gasteiger partial charge in [-0.15, -0.1) is 0 Å². The highest BCUT2D eigenvalue weighted by Crippen LogP contribution is 2.35. The Morgan fingerprint density at radius 3 is 2.48 bits per heavy atom. The minimum atomic E-state index is 0.733. The van der Waals surface area contributed by atoms with Gasteiger partial charge < -0.3 is 14.8 Å². The third-order valence-electron chi connectivity index (χ3n) is 3.76. The zero-order chi connectivity index (χ0) is 16.4. The van der Waals surface area contributed by atoms with E-state index in [1.165, 1.54) is 0 Å². The summed E-state index contributed by atoms with van der Waals surface area (Å²) in [6.45, 7) is 1.89. The summed E-state index contributed by atoms with van der Waals surface area (Å²) in [7, 11) is 5.18. The van der Waals surface area contributed by atoms with Crippen LogP contribution < -0.4 is 14.8 Å². The molecule has 2 aromatic carbocycles. The summed E-state index contributed by atoms with van der Waals surface area (Å²) in [6, 6.07) is 11.9. The van der Waals surface area contributed by atoms with Crippen molar-refractivity contribution in [3.63, 3.8) is 0 Å². The van der Waals surface area contributed by atoms with Crippen LogP contribution in [-0.2, 0) is 0 Å². The van der Waals surface area contributed by atoms with Gasteiger partial charge in [-0.3, -0.25) is 0 Å². The first-order valence-electron chi connectivity index (χ1n) is 7.35. The van der Waals surface area contributed by atoms with Crippen molar-refractivity contribution >= 4 is 16.7 Å². The molecule has 5 nitrogen and oxygen atoms in total. The van der Waals surface area contributed by atoms with E-state index in [2.05, 4.69) is 15.3 Å². The number of hydrogen-bond acceptors (Lipinski definition) is 5. The predicted octanol–water partition coefficient (Wildman–Crippen LogP) is 3.66. The fourth-order valence-electron chi connectivity index (χ4n) is 2.64. The van der Waals surface area contributed by atoms with Crippen molar-refractivity contribution in [3.8, 4) is 22.6 Å². The number of anilines is 1. The van der Waals surface area contributed by atoms with E-state index in [4.69, 9.17) is 9.47 Å². The number of fused-ring (bicyclic) bond motifs is 1. The molecular weight excluding hydrogens is 290 g/mol. The Bertz CT molecular complexity index is 862. The Labute approximate surface area is 135 Å². The Balaban J connectivity index is 2.21. The summed E-state index contributed by atoms with van der Waals surface area (Å²) >= 11 is 0. The van der Waals surface area contributed by atoms with E-state index < -0.39 is 0 Å². The predicted molar refractivity (Wildman–Crippen MR) is 92.4 cm³/mol. The monoisotopic (exact) mass is 309 g/mol. The van der Waals surface area contributed by atoms with Gasteiger partial charge in [0.05, 0.1) is 19.7 Å². The van der Waals surface area contributed by atoms with E-state index >= 15 is 0 Å². The van der Waals surface area contributed by atoms with E-state index in [1.807, 2.05) is 50.4 Å². The van der Waals surface area contributed by atoms with Gasteiger partial charge in [-0.25, -0.2) is 9.97 Å². The Hall–Kier alpha value is -2.82. The van der Waals surface area contributed by atoms with Gasteiger partial charge in [-0.05, 0) is 42.8 Å². The standard InChI is InChI=1S/C18H19N3O2/c1-11-20-16-9-12(5-7-14(16)18(19-2)21-11)15-10-13(22-3)6-8-17(15)23-4/h5-10H,1-4H3,(H,19,20,21). The van der Waals surface area contributed by atoms with E-state index in [9.17, 15) is 0 Å². The lowest BCUT2D eigenvalue weighted by Crippen LogP contribution is -1.98. The summed E-state index contributed by atoms with van der Waals surface area (Å²) in [5, 5.41) is 4.10. The molecule has 118 valence electrons. The maximum absolute atomic E-state index is 5.48. The fraction of sp³-hybridized carbons (Fsp3) is 0.222. The molecule has 3 aromatic rings. The third kappa shape index (κ3) is 2.77. The molecule has 0 aliphatic carbocycles. The van der Waals surface area contributed by atoms with E-state index in [1.54, 1.807) is 14.2 Å². The number of nitrogens with zero attached hydrogens (tertiary/aromatic N) is 2. The van der Waals surface area contributed by atoms with Gasteiger partial charge in [0.2, 0.25) is 0 Å². The molecule has 0 aliphatic rings. The molecule has 0 fully saturated rings. The van der Waals surface area contributed by atoms with E-state index in [0.29, 0.717) is 0 Å². The second-order valence-corrected chi connectivity index (χ2v) is 5.17. The van der Waals surface area contributed by atoms with E-state index in [0.717, 1.165) is 45.2 Å². The van der Waals surface area contributed by atoms with Crippen LogP contribution in [0.15, 0.2) is 36.4 Å². The molecule has 0 amide bonds. The Morgan fingerprint density at radius 1 is 0.957 bits per heavy atom. The molecule has 23 heavy (non-hydrogen) atoms. The number of aromatic nitrogens is 2. The molecule has 0 unspecified atom stereocenters. The zero-order valence-electron chi connectivity index (χ0n) is 13.7. The average Bonchev–Trinajstić information content (AvgIpc) is 2.59. The fourth-order valence-corrected chi connectivity index (χ4v) is 2.64. The zero-order valence-corrected chi connectivity index (χ0v) is 13.7. The van der Waals surface area contributed by atoms with Crippen molar-refractivity contribution < 1.29 is 9.47 Å². The smallest absolute Gasteiger partial charge is 0.137 e. The lowest BCUT2D eigenvalue weighted by atomic mass is 10.0. The number of nitrogens with one attached hydrogen (secondary N) is 1. The summed E-state index contributed by atoms with van der Waals surface area (Å²) in [5.41, 5.74) is 2.88. The van der Waals surface area contributed by atoms with Crippen molar-refractivity contribution in [2.75, 3.05) is 26.6 Å². The van der Waals surface area contributed by atoms with Crippen LogP contribution >= 0.6 is 0 Å². The van der Waals surface area contributed by atoms with E-state index in [-0.39, 0.29) is 0 Å². The van der Waals surface area contributed by atoms with Crippen molar-refractivity contribution in [2.24, 2.45) is 0 Å². The second kappa shape index (κ2) is 6.12. The van der Waals surface area contributed by atoms with Gasteiger partial charge >= 0.3 is 0 Å². The van der Waals surface area contributed by atoms with Crippen molar-refractivity contribution in [3.05, 3.63) is 42.2 Å². The third-order valence-corrected chi connectivity index (χ3v) is 3.76. The summed E-state index contributed by atoms with van der Waals surface area (Å²) in [5.74, 6) is 3.15. The first kappa shape index (κ1) is 15.1. The SMILES string of the molecule is CNc1nc(C)nc2cc(-c3cc(OC)ccc3OC)ccc12. The molecule has 0 saturated carbocycles. The van der Waals surface area contributed by atoms with Crippen LogP contribution in [-0.4, -0.2) is 31.2 Å². The number of ether oxygens (including phenoxy) is 2. The molecule has 0 saturated heterocycles. The number of methoxy groups -OCH3 is 2. The van der Waals surface area contributed by atoms with Crippen molar-refractivity contribution in [1.29, 1.82) is 0 Å². The largest absolute Gasteiger partial charge is 0.497 e. The average molecular weight is 309 g/mol. The van der Waals surface area contributed by atoms with Crippen LogP contribution in [0.2, 0.25) is 0 Å². The number of benzene rings is 2. The highest BCUT2D eigenvalue weighted by Gasteiger charge is 2.11. The summed E-state index contributed by atoms with van der Waals surface area (Å²) in [4.78, 5) is 8.96. The summed E-state index contributed by atoms with van der Waals surface area (Å²) in [6.07, 6.45) is 0. The molecule has 5 heteroatoms. The maximum Gasteiger partial charge on any atom is 0.137 e. The molecule has 0 aliphatic heterocycles. The van der Waals surface area contributed by atoms with Crippen LogP contribution in [0.1, 0.15) is 5.82 Å². The lowest BCUT2D eigenvalue weighted by molar-refractivity contribution is 0.404. The van der Waals surface area contributed by atoms with Crippen LogP contribution in [0, 0.1) is 6.92 Å². The van der Waals surface area contributed by atoms with Crippen LogP contribution in [0.25, 0.3) is 22.0 Å². The van der Waals surface area contributed by atoms with Crippen LogP contribution in [0.5, 0.6) is 11.5 Å². The molecule has 1 heterocycles. The van der Waals surface area contributed by atoms with Gasteiger partial charge in [0.1, 0.15) is 23.1 Å². The Kier molecular flexibility index (Phi) is 4.02. The normalized spacial score (nSPS) is 10.6. The molecule has 0 radical (unpaired) electrons. The topological polar surface area (TPSA) is 56.3 Å². The Morgan fingerprint density at radius 2 is 1.78 bits per heavy atom.